The van der Waals surface area contributed by atoms with Gasteiger partial charge in [-0.25, -0.2) is 4.79 Å². The Bertz CT molecular complexity index is 888. The highest BCUT2D eigenvalue weighted by molar-refractivity contribution is 7.81. The van der Waals surface area contributed by atoms with Gasteiger partial charge in [0, 0.05) is 16.1 Å². The monoisotopic (exact) mass is 397 g/mol. The van der Waals surface area contributed by atoms with Gasteiger partial charge in [-0.15, -0.1) is 0 Å². The minimum Gasteiger partial charge on any atom is -0.503 e. The number of methoxy groups -OCH3 is 2. The molecule has 1 atom stereocenters. The van der Waals surface area contributed by atoms with Crippen LogP contribution in [-0.2, 0) is 9.53 Å². The predicted octanol–water partition coefficient (Wildman–Crippen LogP) is 4.38. The minimum atomic E-state index is -1.05. The highest BCUT2D eigenvalue weighted by atomic mass is 32.1. The fourth-order valence-corrected chi connectivity index (χ4v) is 3.57. The summed E-state index contributed by atoms with van der Waals surface area (Å²) in [4.78, 5) is 12.4. The molecule has 0 spiro atoms. The Kier molecular flexibility index (Phi) is 6.31. The van der Waals surface area contributed by atoms with E-state index in [1.807, 2.05) is 36.4 Å². The number of carbonyl (C=O) groups is 1. The maximum atomic E-state index is 11.7. The number of hydrogen-bond donors (Lipinski definition) is 2. The van der Waals surface area contributed by atoms with Crippen LogP contribution in [0.3, 0.4) is 0 Å². The molecule has 28 heavy (non-hydrogen) atoms. The molecule has 2 aromatic carbocycles. The molecule has 1 unspecified atom stereocenters. The molecule has 146 valence electrons. The summed E-state index contributed by atoms with van der Waals surface area (Å²) in [5.41, 5.74) is 2.33. The SMILES string of the molecule is COC=C(C(=O)O)c1ccccc1C(=S)C(Nc1ccc(OC)cc1)C1CC1. The molecule has 2 N–H and O–H groups in total. The highest BCUT2D eigenvalue weighted by Gasteiger charge is 2.35. The standard InChI is InChI=1S/C22H23NO4S/c1-26-13-19(22(24)25)17-5-3-4-6-18(17)21(28)20(14-7-8-14)23-15-9-11-16(27-2)12-10-15/h3-6,9-14,20,23H,7-8H2,1-2H3,(H,24,25). The topological polar surface area (TPSA) is 67.8 Å². The summed E-state index contributed by atoms with van der Waals surface area (Å²) in [7, 11) is 3.07. The first kappa shape index (κ1) is 19.9. The molecular formula is C22H23NO4S. The first-order valence-electron chi connectivity index (χ1n) is 9.05. The van der Waals surface area contributed by atoms with Crippen molar-refractivity contribution in [2.75, 3.05) is 19.5 Å². The Morgan fingerprint density at radius 1 is 1.14 bits per heavy atom. The molecule has 1 saturated carbocycles. The molecule has 3 rings (SSSR count). The minimum absolute atomic E-state index is 0.0536. The third-order valence-electron chi connectivity index (χ3n) is 4.74. The van der Waals surface area contributed by atoms with Crippen molar-refractivity contribution in [3.05, 3.63) is 65.9 Å². The average Bonchev–Trinajstić information content (AvgIpc) is 3.55. The number of benzene rings is 2. The number of ether oxygens (including phenoxy) is 2. The first-order chi connectivity index (χ1) is 13.5. The normalized spacial score (nSPS) is 14.9. The highest BCUT2D eigenvalue weighted by Crippen LogP contribution is 2.37. The summed E-state index contributed by atoms with van der Waals surface area (Å²) < 4.78 is 10.2. The third-order valence-corrected chi connectivity index (χ3v) is 5.21. The van der Waals surface area contributed by atoms with E-state index in [0.29, 0.717) is 16.3 Å². The molecule has 1 aliphatic rings. The van der Waals surface area contributed by atoms with Crippen molar-refractivity contribution in [2.24, 2.45) is 5.92 Å². The predicted molar refractivity (Wildman–Crippen MR) is 114 cm³/mol. The average molecular weight is 397 g/mol. The Balaban J connectivity index is 1.92. The van der Waals surface area contributed by atoms with E-state index in [1.165, 1.54) is 13.4 Å². The van der Waals surface area contributed by atoms with E-state index in [9.17, 15) is 9.90 Å². The van der Waals surface area contributed by atoms with E-state index >= 15 is 0 Å². The van der Waals surface area contributed by atoms with E-state index in [4.69, 9.17) is 21.7 Å². The van der Waals surface area contributed by atoms with Crippen LogP contribution in [0, 0.1) is 5.92 Å². The van der Waals surface area contributed by atoms with Crippen molar-refractivity contribution < 1.29 is 19.4 Å². The van der Waals surface area contributed by atoms with Crippen LogP contribution in [0.4, 0.5) is 5.69 Å². The molecule has 0 amide bonds. The summed E-state index contributed by atoms with van der Waals surface area (Å²) >= 11 is 5.84. The van der Waals surface area contributed by atoms with Crippen LogP contribution >= 0.6 is 12.2 Å². The van der Waals surface area contributed by atoms with Gasteiger partial charge in [0.15, 0.2) is 0 Å². The number of hydrogen-bond acceptors (Lipinski definition) is 5. The van der Waals surface area contributed by atoms with Gasteiger partial charge >= 0.3 is 5.97 Å². The van der Waals surface area contributed by atoms with Gasteiger partial charge in [0.25, 0.3) is 0 Å². The van der Waals surface area contributed by atoms with E-state index in [1.54, 1.807) is 19.2 Å². The Morgan fingerprint density at radius 3 is 2.32 bits per heavy atom. The Hall–Kier alpha value is -2.86. The van der Waals surface area contributed by atoms with Gasteiger partial charge in [0.05, 0.1) is 26.5 Å². The van der Waals surface area contributed by atoms with Crippen molar-refractivity contribution in [1.29, 1.82) is 0 Å². The molecule has 0 aromatic heterocycles. The van der Waals surface area contributed by atoms with Gasteiger partial charge in [-0.05, 0) is 48.6 Å². The van der Waals surface area contributed by atoms with Crippen molar-refractivity contribution in [1.82, 2.24) is 0 Å². The fourth-order valence-electron chi connectivity index (χ4n) is 3.14. The molecule has 0 bridgehead atoms. The van der Waals surface area contributed by atoms with E-state index < -0.39 is 5.97 Å². The number of thiocarbonyl (C=S) groups is 1. The number of aliphatic carboxylic acids is 1. The van der Waals surface area contributed by atoms with Gasteiger partial charge in [0.2, 0.25) is 0 Å². The lowest BCUT2D eigenvalue weighted by Gasteiger charge is -2.23. The summed E-state index contributed by atoms with van der Waals surface area (Å²) in [6, 6.07) is 15.0. The zero-order valence-corrected chi connectivity index (χ0v) is 16.7. The molecule has 1 aliphatic carbocycles. The second kappa shape index (κ2) is 8.89. The molecule has 1 fully saturated rings. The van der Waals surface area contributed by atoms with Crippen LogP contribution in [0.15, 0.2) is 54.8 Å². The smallest absolute Gasteiger partial charge is 0.339 e. The van der Waals surface area contributed by atoms with Crippen LogP contribution in [0.2, 0.25) is 0 Å². The molecular weight excluding hydrogens is 374 g/mol. The molecule has 0 heterocycles. The van der Waals surface area contributed by atoms with Crippen molar-refractivity contribution in [3.8, 4) is 5.75 Å². The second-order valence-corrected chi connectivity index (χ2v) is 7.11. The van der Waals surface area contributed by atoms with Crippen LogP contribution < -0.4 is 10.1 Å². The molecule has 6 heteroatoms. The summed E-state index contributed by atoms with van der Waals surface area (Å²) in [5.74, 6) is 0.169. The lowest BCUT2D eigenvalue weighted by molar-refractivity contribution is -0.130. The van der Waals surface area contributed by atoms with Crippen molar-refractivity contribution >= 4 is 34.3 Å². The van der Waals surface area contributed by atoms with Crippen molar-refractivity contribution in [2.45, 2.75) is 18.9 Å². The molecule has 5 nitrogen and oxygen atoms in total. The number of carboxylic acids is 1. The largest absolute Gasteiger partial charge is 0.503 e. The Labute approximate surface area is 170 Å². The van der Waals surface area contributed by atoms with Crippen LogP contribution in [0.25, 0.3) is 5.57 Å². The van der Waals surface area contributed by atoms with Gasteiger partial charge in [-0.3, -0.25) is 0 Å². The van der Waals surface area contributed by atoms with E-state index in [2.05, 4.69) is 5.32 Å². The molecule has 0 radical (unpaired) electrons. The molecule has 0 saturated heterocycles. The Morgan fingerprint density at radius 2 is 1.79 bits per heavy atom. The molecule has 0 aliphatic heterocycles. The maximum absolute atomic E-state index is 11.7. The van der Waals surface area contributed by atoms with E-state index in [0.717, 1.165) is 29.8 Å². The van der Waals surface area contributed by atoms with Gasteiger partial charge in [-0.2, -0.15) is 0 Å². The fraction of sp³-hybridized carbons (Fsp3) is 0.273. The zero-order chi connectivity index (χ0) is 20.1. The lowest BCUT2D eigenvalue weighted by atomic mass is 9.93. The maximum Gasteiger partial charge on any atom is 0.339 e. The second-order valence-electron chi connectivity index (χ2n) is 6.67. The van der Waals surface area contributed by atoms with Crippen LogP contribution in [-0.4, -0.2) is 36.2 Å². The van der Waals surface area contributed by atoms with Gasteiger partial charge in [0.1, 0.15) is 11.3 Å². The van der Waals surface area contributed by atoms with Crippen molar-refractivity contribution in [3.63, 3.8) is 0 Å². The quantitative estimate of drug-likeness (QED) is 0.283. The molecule has 2 aromatic rings. The van der Waals surface area contributed by atoms with Crippen LogP contribution in [0.1, 0.15) is 24.0 Å². The van der Waals surface area contributed by atoms with Crippen LogP contribution in [0.5, 0.6) is 5.75 Å². The van der Waals surface area contributed by atoms with E-state index in [-0.39, 0.29) is 11.6 Å². The summed E-state index contributed by atoms with van der Waals surface area (Å²) in [5, 5.41) is 13.1. The van der Waals surface area contributed by atoms with Gasteiger partial charge in [-0.1, -0.05) is 36.5 Å². The lowest BCUT2D eigenvalue weighted by Crippen LogP contribution is -2.31. The zero-order valence-electron chi connectivity index (χ0n) is 15.8. The van der Waals surface area contributed by atoms with Gasteiger partial charge < -0.3 is 19.9 Å². The number of nitrogens with one attached hydrogen (secondary N) is 1. The first-order valence-corrected chi connectivity index (χ1v) is 9.46. The number of anilines is 1. The summed E-state index contributed by atoms with van der Waals surface area (Å²) in [6.07, 6.45) is 3.43. The number of carboxylic acid groups (broad SMARTS) is 1. The third kappa shape index (κ3) is 4.51. The summed E-state index contributed by atoms with van der Waals surface area (Å²) in [6.45, 7) is 0. The number of rotatable bonds is 9.